The van der Waals surface area contributed by atoms with Gasteiger partial charge in [-0.3, -0.25) is 5.10 Å². The van der Waals surface area contributed by atoms with Crippen molar-refractivity contribution in [2.75, 3.05) is 26.6 Å². The summed E-state index contributed by atoms with van der Waals surface area (Å²) in [5.41, 5.74) is 5.54. The van der Waals surface area contributed by atoms with Crippen molar-refractivity contribution in [3.63, 3.8) is 0 Å². The van der Waals surface area contributed by atoms with Gasteiger partial charge < -0.3 is 24.5 Å². The van der Waals surface area contributed by atoms with Crippen LogP contribution in [0.25, 0.3) is 22.2 Å². The molecule has 3 aromatic carbocycles. The average molecular weight is 610 g/mol. The number of hydrogen-bond donors (Lipinski definition) is 3. The Kier molecular flexibility index (Phi) is 7.71. The molecule has 0 unspecified atom stereocenters. The van der Waals surface area contributed by atoms with Crippen molar-refractivity contribution in [3.05, 3.63) is 102 Å². The molecule has 6 rings (SSSR count). The maximum atomic E-state index is 14.5. The molecule has 3 N–H and O–H groups in total. The Balaban J connectivity index is 1.57. The van der Waals surface area contributed by atoms with Gasteiger partial charge in [-0.05, 0) is 24.6 Å². The zero-order chi connectivity index (χ0) is 30.8. The van der Waals surface area contributed by atoms with E-state index in [4.69, 9.17) is 14.2 Å². The summed E-state index contributed by atoms with van der Waals surface area (Å²) in [6, 6.07) is 20.2. The van der Waals surface area contributed by atoms with E-state index in [2.05, 4.69) is 25.5 Å². The van der Waals surface area contributed by atoms with E-state index in [0.29, 0.717) is 46.0 Å². The number of fused-ring (bicyclic) bond motifs is 1. The molecule has 6 aromatic rings. The van der Waals surface area contributed by atoms with Crippen LogP contribution in [-0.2, 0) is 16.3 Å². The van der Waals surface area contributed by atoms with Gasteiger partial charge >= 0.3 is 0 Å². The average Bonchev–Trinajstić information content (AvgIpc) is 3.67. The van der Waals surface area contributed by atoms with Crippen molar-refractivity contribution in [3.8, 4) is 28.4 Å². The van der Waals surface area contributed by atoms with Gasteiger partial charge in [0.2, 0.25) is 15.6 Å². The van der Waals surface area contributed by atoms with Crippen LogP contribution in [0.4, 0.5) is 11.4 Å². The van der Waals surface area contributed by atoms with Crippen molar-refractivity contribution >= 4 is 32.2 Å². The lowest BCUT2D eigenvalue weighted by atomic mass is 10.0. The number of methoxy groups -OCH3 is 3. The van der Waals surface area contributed by atoms with Crippen LogP contribution in [0, 0.1) is 6.92 Å². The van der Waals surface area contributed by atoms with E-state index >= 15 is 0 Å². The van der Waals surface area contributed by atoms with Gasteiger partial charge in [0, 0.05) is 52.6 Å². The number of nitrogens with zero attached hydrogens (tertiary/aromatic N) is 2. The van der Waals surface area contributed by atoms with Crippen LogP contribution in [0.2, 0.25) is 0 Å². The normalized spacial score (nSPS) is 11.5. The second-order valence-electron chi connectivity index (χ2n) is 10.2. The van der Waals surface area contributed by atoms with Gasteiger partial charge in [-0.1, -0.05) is 48.0 Å². The van der Waals surface area contributed by atoms with Gasteiger partial charge in [0.05, 0.1) is 44.3 Å². The summed E-state index contributed by atoms with van der Waals surface area (Å²) in [6.45, 7) is 1.91. The zero-order valence-electron chi connectivity index (χ0n) is 24.6. The first-order valence-corrected chi connectivity index (χ1v) is 15.3. The molecule has 44 heavy (non-hydrogen) atoms. The van der Waals surface area contributed by atoms with Crippen molar-refractivity contribution in [2.24, 2.45) is 0 Å². The monoisotopic (exact) mass is 609 g/mol. The van der Waals surface area contributed by atoms with E-state index < -0.39 is 9.84 Å². The quantitative estimate of drug-likeness (QED) is 0.161. The number of H-pyrrole nitrogens is 2. The third kappa shape index (κ3) is 5.22. The molecular weight excluding hydrogens is 578 g/mol. The van der Waals surface area contributed by atoms with Crippen LogP contribution in [0.5, 0.6) is 17.2 Å². The molecule has 224 valence electrons. The highest BCUT2D eigenvalue weighted by atomic mass is 32.2. The lowest BCUT2D eigenvalue weighted by Gasteiger charge is -2.18. The molecule has 0 saturated heterocycles. The van der Waals surface area contributed by atoms with Crippen molar-refractivity contribution in [1.29, 1.82) is 0 Å². The number of rotatable bonds is 10. The molecular formula is C33H31N5O5S. The highest BCUT2D eigenvalue weighted by Crippen LogP contribution is 2.44. The smallest absolute Gasteiger partial charge is 0.209 e. The van der Waals surface area contributed by atoms with E-state index in [1.807, 2.05) is 37.3 Å². The first-order valence-electron chi connectivity index (χ1n) is 13.8. The Labute approximate surface area is 255 Å². The lowest BCUT2D eigenvalue weighted by molar-refractivity contribution is 0.324. The number of benzene rings is 3. The van der Waals surface area contributed by atoms with Crippen molar-refractivity contribution < 1.29 is 22.6 Å². The first kappa shape index (κ1) is 28.8. The molecule has 0 bridgehead atoms. The fourth-order valence-corrected chi connectivity index (χ4v) is 6.87. The van der Waals surface area contributed by atoms with Gasteiger partial charge in [-0.25, -0.2) is 13.4 Å². The fraction of sp³-hybridized carbons (Fsp3) is 0.152. The summed E-state index contributed by atoms with van der Waals surface area (Å²) >= 11 is 0. The Bertz CT molecular complexity index is 2030. The number of hydrogen-bond acceptors (Lipinski definition) is 8. The number of ether oxygens (including phenoxy) is 3. The summed E-state index contributed by atoms with van der Waals surface area (Å²) in [6.07, 6.45) is 5.57. The zero-order valence-corrected chi connectivity index (χ0v) is 25.5. The van der Waals surface area contributed by atoms with E-state index in [9.17, 15) is 8.42 Å². The highest BCUT2D eigenvalue weighted by molar-refractivity contribution is 7.92. The second-order valence-corrected chi connectivity index (χ2v) is 12.1. The van der Waals surface area contributed by atoms with Crippen molar-refractivity contribution in [2.45, 2.75) is 23.1 Å². The van der Waals surface area contributed by atoms with Gasteiger partial charge in [-0.15, -0.1) is 0 Å². The number of anilines is 2. The Morgan fingerprint density at radius 2 is 1.57 bits per heavy atom. The van der Waals surface area contributed by atoms with Crippen LogP contribution < -0.4 is 19.5 Å². The van der Waals surface area contributed by atoms with Crippen LogP contribution in [0.1, 0.15) is 16.8 Å². The summed E-state index contributed by atoms with van der Waals surface area (Å²) in [7, 11) is 0.488. The van der Waals surface area contributed by atoms with Gasteiger partial charge in [0.1, 0.15) is 10.5 Å². The predicted octanol–water partition coefficient (Wildman–Crippen LogP) is 6.45. The van der Waals surface area contributed by atoms with Crippen LogP contribution >= 0.6 is 0 Å². The fourth-order valence-electron chi connectivity index (χ4n) is 5.27. The molecule has 0 aliphatic carbocycles. The number of pyridine rings is 1. The summed E-state index contributed by atoms with van der Waals surface area (Å²) in [5.74, 6) is 1.25. The summed E-state index contributed by atoms with van der Waals surface area (Å²) in [4.78, 5) is 8.04. The molecule has 11 heteroatoms. The van der Waals surface area contributed by atoms with Crippen LogP contribution in [0.3, 0.4) is 0 Å². The van der Waals surface area contributed by atoms with E-state index in [-0.39, 0.29) is 15.5 Å². The Morgan fingerprint density at radius 3 is 2.23 bits per heavy atom. The third-order valence-corrected chi connectivity index (χ3v) is 9.28. The van der Waals surface area contributed by atoms with Gasteiger partial charge in [0.15, 0.2) is 11.5 Å². The first-order chi connectivity index (χ1) is 21.3. The third-order valence-electron chi connectivity index (χ3n) is 7.43. The number of nitrogens with one attached hydrogen (secondary N) is 3. The molecule has 0 fully saturated rings. The van der Waals surface area contributed by atoms with Crippen molar-refractivity contribution in [1.82, 2.24) is 20.2 Å². The largest absolute Gasteiger partial charge is 0.493 e. The minimum absolute atomic E-state index is 0.0724. The maximum Gasteiger partial charge on any atom is 0.209 e. The molecule has 0 amide bonds. The lowest BCUT2D eigenvalue weighted by Crippen LogP contribution is -2.08. The number of sulfone groups is 1. The minimum atomic E-state index is -4.07. The molecule has 10 nitrogen and oxygen atoms in total. The second kappa shape index (κ2) is 11.8. The standard InChI is InChI=1S/C33H31N5O5S/c1-20-10-12-23(13-11-20)44(39,40)32-27(37-22-15-28(41-2)31(43-4)29(16-22)42-3)19-35-33-30(32)25(17-34-33)24-18-36-38-26(24)14-21-8-6-5-7-9-21/h5-13,15-19,37H,14H2,1-4H3,(H,34,35)(H,36,38). The van der Waals surface area contributed by atoms with E-state index in [1.54, 1.807) is 48.8 Å². The minimum Gasteiger partial charge on any atom is -0.493 e. The molecule has 3 heterocycles. The number of aromatic amines is 2. The van der Waals surface area contributed by atoms with Crippen LogP contribution in [0.15, 0.2) is 95.1 Å². The summed E-state index contributed by atoms with van der Waals surface area (Å²) in [5, 5.41) is 11.1. The molecule has 0 saturated carbocycles. The van der Waals surface area contributed by atoms with Crippen LogP contribution in [-0.4, -0.2) is 49.9 Å². The van der Waals surface area contributed by atoms with Gasteiger partial charge in [0.25, 0.3) is 0 Å². The molecule has 3 aromatic heterocycles. The Morgan fingerprint density at radius 1 is 0.864 bits per heavy atom. The molecule has 0 radical (unpaired) electrons. The Hall–Kier alpha value is -5.29. The summed E-state index contributed by atoms with van der Waals surface area (Å²) < 4.78 is 45.6. The maximum absolute atomic E-state index is 14.5. The van der Waals surface area contributed by atoms with E-state index in [1.165, 1.54) is 27.5 Å². The topological polar surface area (TPSA) is 131 Å². The SMILES string of the molecule is COc1cc(Nc2cnc3[nH]cc(-c4cn[nH]c4Cc4ccccc4)c3c2S(=O)(=O)c2ccc(C)cc2)cc(OC)c1OC. The molecule has 0 aliphatic rings. The molecule has 0 atom stereocenters. The highest BCUT2D eigenvalue weighted by Gasteiger charge is 2.29. The predicted molar refractivity (Wildman–Crippen MR) is 169 cm³/mol. The number of aryl methyl sites for hydroxylation is 1. The van der Waals surface area contributed by atoms with Gasteiger partial charge in [-0.2, -0.15) is 5.10 Å². The van der Waals surface area contributed by atoms with E-state index in [0.717, 1.165) is 22.4 Å². The number of aromatic nitrogens is 4. The molecule has 0 spiro atoms. The molecule has 0 aliphatic heterocycles.